The van der Waals surface area contributed by atoms with Crippen LogP contribution in [0.25, 0.3) is 0 Å². The van der Waals surface area contributed by atoms with Crippen molar-refractivity contribution < 1.29 is 19.1 Å². The summed E-state index contributed by atoms with van der Waals surface area (Å²) >= 11 is 0. The van der Waals surface area contributed by atoms with E-state index in [-0.39, 0.29) is 19.1 Å². The highest BCUT2D eigenvalue weighted by Gasteiger charge is 2.08. The third kappa shape index (κ3) is 6.21. The molecule has 3 rings (SSSR count). The normalized spacial score (nSPS) is 10.2. The number of amides is 1. The molecule has 1 amide bonds. The summed E-state index contributed by atoms with van der Waals surface area (Å²) in [5.41, 5.74) is 3.27. The van der Waals surface area contributed by atoms with Crippen molar-refractivity contribution in [2.75, 3.05) is 11.9 Å². The zero-order chi connectivity index (χ0) is 20.5. The average Bonchev–Trinajstić information content (AvgIpc) is 2.77. The molecule has 0 saturated carbocycles. The van der Waals surface area contributed by atoms with Gasteiger partial charge in [0.1, 0.15) is 12.4 Å². The van der Waals surface area contributed by atoms with Crippen molar-refractivity contribution in [1.29, 1.82) is 0 Å². The Morgan fingerprint density at radius 2 is 1.48 bits per heavy atom. The predicted molar refractivity (Wildman–Crippen MR) is 112 cm³/mol. The lowest BCUT2D eigenvalue weighted by molar-refractivity contribution is -0.147. The monoisotopic (exact) mass is 389 g/mol. The van der Waals surface area contributed by atoms with Gasteiger partial charge in [0.2, 0.25) is 0 Å². The van der Waals surface area contributed by atoms with Crippen molar-refractivity contribution in [1.82, 2.24) is 0 Å². The van der Waals surface area contributed by atoms with Crippen molar-refractivity contribution in [2.24, 2.45) is 0 Å². The van der Waals surface area contributed by atoms with Crippen molar-refractivity contribution in [3.8, 4) is 5.75 Å². The molecular weight excluding hydrogens is 366 g/mol. The molecular formula is C24H23NO4. The van der Waals surface area contributed by atoms with E-state index in [2.05, 4.69) is 12.2 Å². The topological polar surface area (TPSA) is 64.6 Å². The molecule has 0 unspecified atom stereocenters. The molecule has 0 spiro atoms. The highest BCUT2D eigenvalue weighted by atomic mass is 16.6. The molecule has 5 heteroatoms. The number of carbonyl (C=O) groups excluding carboxylic acids is 2. The number of nitrogens with one attached hydrogen (secondary N) is 1. The number of benzene rings is 3. The minimum atomic E-state index is -0.449. The Kier molecular flexibility index (Phi) is 7.00. The second-order valence-corrected chi connectivity index (χ2v) is 6.46. The van der Waals surface area contributed by atoms with E-state index >= 15 is 0 Å². The van der Waals surface area contributed by atoms with Crippen molar-refractivity contribution in [3.05, 3.63) is 95.6 Å². The molecule has 3 aromatic carbocycles. The molecule has 0 aliphatic carbocycles. The number of anilines is 1. The number of hydrogen-bond donors (Lipinski definition) is 1. The van der Waals surface area contributed by atoms with E-state index in [9.17, 15) is 9.59 Å². The summed E-state index contributed by atoms with van der Waals surface area (Å²) in [7, 11) is 0. The number of esters is 1. The van der Waals surface area contributed by atoms with Crippen LogP contribution in [0.15, 0.2) is 78.9 Å². The summed E-state index contributed by atoms with van der Waals surface area (Å²) < 4.78 is 10.7. The van der Waals surface area contributed by atoms with Crippen LogP contribution in [-0.2, 0) is 22.6 Å². The van der Waals surface area contributed by atoms with Crippen LogP contribution in [-0.4, -0.2) is 18.5 Å². The number of rotatable bonds is 8. The summed E-state index contributed by atoms with van der Waals surface area (Å²) in [6.07, 6.45) is 0.953. The maximum Gasteiger partial charge on any atom is 0.344 e. The summed E-state index contributed by atoms with van der Waals surface area (Å²) in [5.74, 6) is -0.00867. The van der Waals surface area contributed by atoms with Crippen LogP contribution in [0.5, 0.6) is 5.75 Å². The fourth-order valence-corrected chi connectivity index (χ4v) is 2.65. The lowest BCUT2D eigenvalue weighted by Crippen LogP contribution is -2.15. The number of hydrogen-bond acceptors (Lipinski definition) is 4. The highest BCUT2D eigenvalue weighted by molar-refractivity contribution is 6.04. The van der Waals surface area contributed by atoms with E-state index in [1.807, 2.05) is 54.6 Å². The minimum absolute atomic E-state index is 0.123. The van der Waals surface area contributed by atoms with E-state index in [0.29, 0.717) is 11.3 Å². The van der Waals surface area contributed by atoms with Gasteiger partial charge in [-0.2, -0.15) is 0 Å². The molecule has 1 N–H and O–H groups in total. The van der Waals surface area contributed by atoms with Crippen LogP contribution in [0, 0.1) is 0 Å². The molecule has 0 aliphatic rings. The lowest BCUT2D eigenvalue weighted by atomic mass is 10.1. The van der Waals surface area contributed by atoms with E-state index in [4.69, 9.17) is 9.47 Å². The van der Waals surface area contributed by atoms with Gasteiger partial charge in [0.05, 0.1) is 0 Å². The number of ether oxygens (including phenoxy) is 2. The van der Waals surface area contributed by atoms with Gasteiger partial charge in [-0.1, -0.05) is 49.4 Å². The van der Waals surface area contributed by atoms with Crippen molar-refractivity contribution >= 4 is 17.6 Å². The third-order valence-electron chi connectivity index (χ3n) is 4.34. The maximum absolute atomic E-state index is 12.2. The van der Waals surface area contributed by atoms with Gasteiger partial charge >= 0.3 is 5.97 Å². The molecule has 29 heavy (non-hydrogen) atoms. The van der Waals surface area contributed by atoms with Crippen LogP contribution in [0.1, 0.15) is 28.4 Å². The van der Waals surface area contributed by atoms with Crippen LogP contribution in [0.3, 0.4) is 0 Å². The van der Waals surface area contributed by atoms with Gasteiger partial charge in [-0.15, -0.1) is 0 Å². The summed E-state index contributed by atoms with van der Waals surface area (Å²) in [6.45, 7) is 2.05. The lowest BCUT2D eigenvalue weighted by Gasteiger charge is -2.09. The first-order valence-electron chi connectivity index (χ1n) is 9.47. The first-order chi connectivity index (χ1) is 14.1. The summed E-state index contributed by atoms with van der Waals surface area (Å²) in [6, 6.07) is 23.8. The van der Waals surface area contributed by atoms with Gasteiger partial charge in [0.25, 0.3) is 5.91 Å². The van der Waals surface area contributed by atoms with Crippen LogP contribution >= 0.6 is 0 Å². The minimum Gasteiger partial charge on any atom is -0.482 e. The molecule has 0 aliphatic heterocycles. The first-order valence-corrected chi connectivity index (χ1v) is 9.47. The van der Waals surface area contributed by atoms with Gasteiger partial charge in [0, 0.05) is 11.3 Å². The van der Waals surface area contributed by atoms with Gasteiger partial charge in [0.15, 0.2) is 6.61 Å². The molecule has 3 aromatic rings. The Morgan fingerprint density at radius 3 is 2.14 bits per heavy atom. The zero-order valence-corrected chi connectivity index (χ0v) is 16.3. The summed E-state index contributed by atoms with van der Waals surface area (Å²) in [4.78, 5) is 24.1. The SMILES string of the molecule is CCc1ccc(OCC(=O)OCc2ccc(C(=O)Nc3ccccc3)cc2)cc1. The average molecular weight is 389 g/mol. The number of para-hydroxylation sites is 1. The van der Waals surface area contributed by atoms with E-state index in [1.54, 1.807) is 24.3 Å². The maximum atomic E-state index is 12.2. The molecule has 0 bridgehead atoms. The number of aryl methyl sites for hydroxylation is 1. The van der Waals surface area contributed by atoms with Gasteiger partial charge in [-0.05, 0) is 53.9 Å². The molecule has 5 nitrogen and oxygen atoms in total. The van der Waals surface area contributed by atoms with Crippen LogP contribution in [0.4, 0.5) is 5.69 Å². The Labute approximate surface area is 170 Å². The molecule has 0 atom stereocenters. The van der Waals surface area contributed by atoms with Crippen LogP contribution < -0.4 is 10.1 Å². The Morgan fingerprint density at radius 1 is 0.828 bits per heavy atom. The van der Waals surface area contributed by atoms with Crippen LogP contribution in [0.2, 0.25) is 0 Å². The predicted octanol–water partition coefficient (Wildman–Crippen LogP) is 4.62. The Hall–Kier alpha value is -3.60. The van der Waals surface area contributed by atoms with E-state index in [0.717, 1.165) is 17.7 Å². The molecule has 0 saturated heterocycles. The van der Waals surface area contributed by atoms with Gasteiger partial charge < -0.3 is 14.8 Å². The Balaban J connectivity index is 1.44. The first kappa shape index (κ1) is 20.1. The molecule has 0 fully saturated rings. The second-order valence-electron chi connectivity index (χ2n) is 6.46. The molecule has 0 heterocycles. The standard InChI is InChI=1S/C24H23NO4/c1-2-18-10-14-22(15-11-18)28-17-23(26)29-16-19-8-12-20(13-9-19)24(27)25-21-6-4-3-5-7-21/h3-15H,2,16-17H2,1H3,(H,25,27). The fourth-order valence-electron chi connectivity index (χ4n) is 2.65. The quantitative estimate of drug-likeness (QED) is 0.571. The van der Waals surface area contributed by atoms with Gasteiger partial charge in [-0.25, -0.2) is 4.79 Å². The highest BCUT2D eigenvalue weighted by Crippen LogP contribution is 2.13. The molecule has 0 aromatic heterocycles. The zero-order valence-electron chi connectivity index (χ0n) is 16.3. The smallest absolute Gasteiger partial charge is 0.344 e. The fraction of sp³-hybridized carbons (Fsp3) is 0.167. The van der Waals surface area contributed by atoms with E-state index in [1.165, 1.54) is 5.56 Å². The number of carbonyl (C=O) groups is 2. The second kappa shape index (κ2) is 10.1. The third-order valence-corrected chi connectivity index (χ3v) is 4.34. The molecule has 148 valence electrons. The Bertz CT molecular complexity index is 935. The molecule has 0 radical (unpaired) electrons. The largest absolute Gasteiger partial charge is 0.482 e. The van der Waals surface area contributed by atoms with Gasteiger partial charge in [-0.3, -0.25) is 4.79 Å². The summed E-state index contributed by atoms with van der Waals surface area (Å²) in [5, 5.41) is 2.83. The van der Waals surface area contributed by atoms with Crippen molar-refractivity contribution in [2.45, 2.75) is 20.0 Å². The van der Waals surface area contributed by atoms with Crippen molar-refractivity contribution in [3.63, 3.8) is 0 Å². The van der Waals surface area contributed by atoms with E-state index < -0.39 is 5.97 Å².